The molecule has 18 nitrogen and oxygen atoms in total. The number of aromatic nitrogens is 7. The molecule has 338 valence electrons. The van der Waals surface area contributed by atoms with E-state index >= 15 is 0 Å². The average Bonchev–Trinajstić information content (AvgIpc) is 4.06. The van der Waals surface area contributed by atoms with Crippen LogP contribution in [0.1, 0.15) is 88.9 Å². The molecule has 0 radical (unpaired) electrons. The number of hydrogen-bond donors (Lipinski definition) is 3. The predicted octanol–water partition coefficient (Wildman–Crippen LogP) is 5.72. The summed E-state index contributed by atoms with van der Waals surface area (Å²) in [5.74, 6) is -3.87. The van der Waals surface area contributed by atoms with Gasteiger partial charge >= 0.3 is 11.9 Å². The maximum Gasteiger partial charge on any atom is 0.360 e. The van der Waals surface area contributed by atoms with Crippen LogP contribution in [0.25, 0.3) is 33.2 Å². The number of rotatable bonds is 15. The normalized spacial score (nSPS) is 12.9. The molecule has 7 aromatic rings. The number of ketones is 1. The number of carbonyl (C=O) groups excluding carboxylic acids is 5. The Morgan fingerprint density at radius 1 is 0.738 bits per heavy atom. The zero-order valence-corrected chi connectivity index (χ0v) is 36.1. The van der Waals surface area contributed by atoms with Crippen LogP contribution in [-0.4, -0.2) is 95.5 Å². The van der Waals surface area contributed by atoms with E-state index in [1.807, 2.05) is 6.92 Å². The number of Topliss-reactive ketones (excluding diaryl/α,β-unsaturated/α-hetero) is 1. The lowest BCUT2D eigenvalue weighted by Gasteiger charge is -2.21. The molecule has 2 unspecified atom stereocenters. The summed E-state index contributed by atoms with van der Waals surface area (Å²) >= 11 is 0. The van der Waals surface area contributed by atoms with Crippen LogP contribution in [0.2, 0.25) is 0 Å². The monoisotopic (exact) mass is 893 g/mol. The number of fused-ring (bicyclic) bond motifs is 2. The fourth-order valence-corrected chi connectivity index (χ4v) is 6.86. The summed E-state index contributed by atoms with van der Waals surface area (Å²) in [6.45, 7) is 6.59. The maximum absolute atomic E-state index is 13.3. The van der Waals surface area contributed by atoms with Crippen molar-refractivity contribution >= 4 is 51.3 Å². The summed E-state index contributed by atoms with van der Waals surface area (Å²) in [6, 6.07) is 10.1. The molecule has 2 aromatic carbocycles. The molecule has 0 bridgehead atoms. The highest BCUT2D eigenvalue weighted by molar-refractivity contribution is 6.08. The van der Waals surface area contributed by atoms with Crippen molar-refractivity contribution in [1.82, 2.24) is 45.1 Å². The molecule has 20 heteroatoms. The third-order valence-corrected chi connectivity index (χ3v) is 10.4. The number of hydrogen-bond acceptors (Lipinski definition) is 14. The van der Waals surface area contributed by atoms with Crippen LogP contribution < -0.4 is 10.6 Å². The van der Waals surface area contributed by atoms with E-state index in [4.69, 9.17) is 9.15 Å². The number of nitrogens with one attached hydrogen (secondary N) is 2. The molecule has 0 spiro atoms. The first kappa shape index (κ1) is 46.8. The van der Waals surface area contributed by atoms with E-state index < -0.39 is 53.6 Å². The van der Waals surface area contributed by atoms with Gasteiger partial charge in [-0.25, -0.2) is 27.9 Å². The summed E-state index contributed by atoms with van der Waals surface area (Å²) in [7, 11) is 2.44. The van der Waals surface area contributed by atoms with Gasteiger partial charge in [0.2, 0.25) is 5.89 Å². The van der Waals surface area contributed by atoms with E-state index in [-0.39, 0.29) is 41.6 Å². The second-order valence-electron chi connectivity index (χ2n) is 14.7. The van der Waals surface area contributed by atoms with Crippen LogP contribution in [-0.2, 0) is 19.1 Å². The highest BCUT2D eigenvalue weighted by atomic mass is 19.1. The van der Waals surface area contributed by atoms with Gasteiger partial charge in [0.1, 0.15) is 23.4 Å². The number of pyridine rings is 2. The molecule has 0 saturated carbocycles. The van der Waals surface area contributed by atoms with E-state index in [2.05, 4.69) is 40.5 Å². The molecular formula is C45H45F2N9O9. The molecule has 0 fully saturated rings. The van der Waals surface area contributed by atoms with Crippen molar-refractivity contribution in [1.29, 1.82) is 0 Å². The number of aliphatic hydroxyl groups excluding tert-OH is 1. The molecule has 0 aliphatic rings. The minimum atomic E-state index is -1.08. The second kappa shape index (κ2) is 20.6. The summed E-state index contributed by atoms with van der Waals surface area (Å²) in [4.78, 5) is 75.0. The van der Waals surface area contributed by atoms with Crippen LogP contribution in [0, 0.1) is 24.5 Å². The molecule has 7 rings (SSSR count). The fourth-order valence-electron chi connectivity index (χ4n) is 6.86. The van der Waals surface area contributed by atoms with E-state index in [1.165, 1.54) is 74.9 Å². The Morgan fingerprint density at radius 2 is 1.25 bits per heavy atom. The minimum Gasteiger partial charge on any atom is -0.469 e. The Kier molecular flexibility index (Phi) is 14.8. The third-order valence-electron chi connectivity index (χ3n) is 10.4. The Labute approximate surface area is 370 Å². The summed E-state index contributed by atoms with van der Waals surface area (Å²) in [5, 5.41) is 25.1. The molecular weight excluding hydrogens is 849 g/mol. The van der Waals surface area contributed by atoms with Crippen LogP contribution in [0.15, 0.2) is 90.1 Å². The van der Waals surface area contributed by atoms with Crippen molar-refractivity contribution in [2.75, 3.05) is 14.2 Å². The standard InChI is InChI=1S/C23H25FN4O5.C22H20FN5O4/c1-4-19(21(30)9-16(13(2)29)23(32)33-3)27-22(31)18-10-25-12-20-17(18)11-26-28(20)15-7-5-14(24)6-8-15;1-4-17(21-27-19(12(2)32-21)22(30)31-3)26-20(29)16-9-24-11-18-15(16)10-25-28(18)14-7-5-13(23)6-8-14/h5-8,10-13,16,19,29H,4,9H2,1-3H3,(H,27,31);5-11,17H,4H2,1-3H3,(H,26,29)/t13-,16+,19?;/m1./s1. The van der Waals surface area contributed by atoms with Gasteiger partial charge in [0.15, 0.2) is 11.5 Å². The van der Waals surface area contributed by atoms with E-state index in [9.17, 15) is 37.9 Å². The van der Waals surface area contributed by atoms with Crippen molar-refractivity contribution < 1.29 is 51.8 Å². The summed E-state index contributed by atoms with van der Waals surface area (Å²) in [6.07, 6.45) is 8.41. The molecule has 0 saturated heterocycles. The smallest absolute Gasteiger partial charge is 0.360 e. The lowest BCUT2D eigenvalue weighted by molar-refractivity contribution is -0.151. The summed E-state index contributed by atoms with van der Waals surface area (Å²) in [5.41, 5.74) is 2.96. The van der Waals surface area contributed by atoms with E-state index in [0.717, 1.165) is 0 Å². The minimum absolute atomic E-state index is 0.0690. The fraction of sp³-hybridized carbons (Fsp3) is 0.289. The number of aryl methyl sites for hydroxylation is 1. The number of carbonyl (C=O) groups is 5. The molecule has 5 aromatic heterocycles. The van der Waals surface area contributed by atoms with Crippen molar-refractivity contribution in [2.24, 2.45) is 5.92 Å². The zero-order valence-electron chi connectivity index (χ0n) is 36.1. The van der Waals surface area contributed by atoms with Gasteiger partial charge < -0.3 is 29.6 Å². The quantitative estimate of drug-likeness (QED) is 0.105. The zero-order chi connectivity index (χ0) is 46.9. The molecule has 3 N–H and O–H groups in total. The van der Waals surface area contributed by atoms with Crippen molar-refractivity contribution in [3.8, 4) is 11.4 Å². The summed E-state index contributed by atoms with van der Waals surface area (Å²) < 4.78 is 44.6. The van der Waals surface area contributed by atoms with Gasteiger partial charge in [-0.15, -0.1) is 0 Å². The van der Waals surface area contributed by atoms with Gasteiger partial charge in [0.25, 0.3) is 11.8 Å². The molecule has 0 aliphatic heterocycles. The Morgan fingerprint density at radius 3 is 1.69 bits per heavy atom. The first-order chi connectivity index (χ1) is 31.2. The van der Waals surface area contributed by atoms with Gasteiger partial charge in [-0.3, -0.25) is 29.1 Å². The predicted molar refractivity (Wildman–Crippen MR) is 229 cm³/mol. The Hall–Kier alpha value is -7.74. The van der Waals surface area contributed by atoms with Crippen LogP contribution >= 0.6 is 0 Å². The molecule has 2 amide bonds. The largest absolute Gasteiger partial charge is 0.469 e. The number of nitrogens with zero attached hydrogens (tertiary/aromatic N) is 7. The average molecular weight is 894 g/mol. The Bertz CT molecular complexity index is 2840. The third kappa shape index (κ3) is 10.4. The van der Waals surface area contributed by atoms with E-state index in [0.29, 0.717) is 50.9 Å². The molecule has 0 aliphatic carbocycles. The molecule has 4 atom stereocenters. The second-order valence-corrected chi connectivity index (χ2v) is 14.7. The van der Waals surface area contributed by atoms with Gasteiger partial charge in [0, 0.05) is 29.6 Å². The van der Waals surface area contributed by atoms with Gasteiger partial charge in [0.05, 0.1) is 90.6 Å². The van der Waals surface area contributed by atoms with Crippen molar-refractivity contribution in [3.05, 3.63) is 126 Å². The number of amides is 2. The van der Waals surface area contributed by atoms with Crippen LogP contribution in [0.4, 0.5) is 8.78 Å². The number of esters is 2. The lowest BCUT2D eigenvalue weighted by atomic mass is 9.93. The lowest BCUT2D eigenvalue weighted by Crippen LogP contribution is -2.42. The number of ether oxygens (including phenoxy) is 2. The number of halogens is 2. The number of benzene rings is 2. The highest BCUT2D eigenvalue weighted by Crippen LogP contribution is 2.25. The van der Waals surface area contributed by atoms with E-state index in [1.54, 1.807) is 55.2 Å². The Balaban J connectivity index is 0.000000215. The number of aliphatic hydroxyl groups is 1. The highest BCUT2D eigenvalue weighted by Gasteiger charge is 2.31. The van der Waals surface area contributed by atoms with Crippen LogP contribution in [0.3, 0.4) is 0 Å². The van der Waals surface area contributed by atoms with Crippen molar-refractivity contribution in [2.45, 2.75) is 65.1 Å². The van der Waals surface area contributed by atoms with Gasteiger partial charge in [-0.1, -0.05) is 13.8 Å². The molecule has 5 heterocycles. The van der Waals surface area contributed by atoms with Gasteiger partial charge in [-0.2, -0.15) is 10.2 Å². The SMILES string of the molecule is CCC(NC(=O)c1cncc2c1cnn2-c1ccc(F)cc1)C(=O)C[C@H](C(=O)OC)[C@@H](C)O.CCC(NC(=O)c1cncc2c1cnn2-c1ccc(F)cc1)c1nc(C(=O)OC)c(C)o1. The number of methoxy groups -OCH3 is 2. The van der Waals surface area contributed by atoms with Crippen LogP contribution in [0.5, 0.6) is 0 Å². The maximum atomic E-state index is 13.3. The topological polar surface area (TPSA) is 236 Å². The molecule has 65 heavy (non-hydrogen) atoms. The van der Waals surface area contributed by atoms with Crippen molar-refractivity contribution in [3.63, 3.8) is 0 Å². The number of oxazole rings is 1. The first-order valence-corrected chi connectivity index (χ1v) is 20.3. The van der Waals surface area contributed by atoms with Gasteiger partial charge in [-0.05, 0) is 75.2 Å². The first-order valence-electron chi connectivity index (χ1n) is 20.3.